The lowest BCUT2D eigenvalue weighted by Gasteiger charge is -2.55. The van der Waals surface area contributed by atoms with E-state index in [4.69, 9.17) is 10.2 Å². The average Bonchev–Trinajstić information content (AvgIpc) is 3.02. The Bertz CT molecular complexity index is 553. The molecule has 4 heterocycles. The van der Waals surface area contributed by atoms with Gasteiger partial charge in [0, 0.05) is 44.2 Å². The van der Waals surface area contributed by atoms with Crippen molar-refractivity contribution in [3.05, 3.63) is 0 Å². The Balaban J connectivity index is 0.000000167. The van der Waals surface area contributed by atoms with Crippen LogP contribution >= 0.6 is 0 Å². The lowest BCUT2D eigenvalue weighted by Crippen LogP contribution is -2.62. The maximum atomic E-state index is 10.6. The van der Waals surface area contributed by atoms with E-state index in [0.29, 0.717) is 16.9 Å². The highest BCUT2D eigenvalue weighted by atomic mass is 16.4. The van der Waals surface area contributed by atoms with Gasteiger partial charge < -0.3 is 15.5 Å². The molecule has 3 N–H and O–H groups in total. The van der Waals surface area contributed by atoms with Crippen molar-refractivity contribution >= 4 is 11.9 Å². The quantitative estimate of drug-likeness (QED) is 0.608. The second kappa shape index (κ2) is 8.65. The number of nitrogens with one attached hydrogen (secondary N) is 1. The van der Waals surface area contributed by atoms with Crippen LogP contribution in [0.4, 0.5) is 0 Å². The molecule has 0 radical (unpaired) electrons. The summed E-state index contributed by atoms with van der Waals surface area (Å²) in [5, 5.41) is 20.6. The number of likely N-dealkylation sites (tertiary alicyclic amines) is 3. The lowest BCUT2D eigenvalue weighted by molar-refractivity contribution is -0.142. The molecular formula is C20H36N4O4. The van der Waals surface area contributed by atoms with Gasteiger partial charge >= 0.3 is 11.9 Å². The van der Waals surface area contributed by atoms with E-state index in [1.54, 1.807) is 0 Å². The van der Waals surface area contributed by atoms with Gasteiger partial charge in [-0.25, -0.2) is 0 Å². The third-order valence-corrected chi connectivity index (χ3v) is 6.89. The predicted octanol–water partition coefficient (Wildman–Crippen LogP) is 0.244. The maximum Gasteiger partial charge on any atom is 0.317 e. The zero-order valence-electron chi connectivity index (χ0n) is 17.3. The van der Waals surface area contributed by atoms with Crippen LogP contribution in [0.15, 0.2) is 0 Å². The molecule has 0 aromatic rings. The second-order valence-electron chi connectivity index (χ2n) is 9.63. The van der Waals surface area contributed by atoms with E-state index in [1.165, 1.54) is 32.4 Å². The Kier molecular flexibility index (Phi) is 6.64. The first-order chi connectivity index (χ1) is 13.2. The van der Waals surface area contributed by atoms with Crippen molar-refractivity contribution in [1.29, 1.82) is 0 Å². The van der Waals surface area contributed by atoms with Crippen LogP contribution in [0.2, 0.25) is 0 Å². The van der Waals surface area contributed by atoms with Gasteiger partial charge in [-0.05, 0) is 58.2 Å². The number of carbonyl (C=O) groups is 2. The summed E-state index contributed by atoms with van der Waals surface area (Å²) in [4.78, 5) is 27.5. The molecule has 0 saturated carbocycles. The smallest absolute Gasteiger partial charge is 0.317 e. The van der Waals surface area contributed by atoms with Crippen molar-refractivity contribution in [1.82, 2.24) is 20.0 Å². The standard InChI is InChI=1S/C12H22N2O2.C8H14N2O2/c1-10(2)14-8-12(9-14)3-5-13(6-4-12)7-11(15)16;11-7(12)3-10-5-8(6-10)1-2-9-4-8/h10H,3-9H2,1-2H3,(H,15,16);9H,1-6H2,(H,11,12). The van der Waals surface area contributed by atoms with Crippen molar-refractivity contribution in [3.63, 3.8) is 0 Å². The van der Waals surface area contributed by atoms with Gasteiger partial charge in [-0.3, -0.25) is 24.3 Å². The van der Waals surface area contributed by atoms with Crippen LogP contribution in [0.5, 0.6) is 0 Å². The summed E-state index contributed by atoms with van der Waals surface area (Å²) in [6, 6.07) is 0.655. The Hall–Kier alpha value is -1.22. The molecule has 0 amide bonds. The Labute approximate surface area is 167 Å². The van der Waals surface area contributed by atoms with E-state index in [-0.39, 0.29) is 13.1 Å². The fraction of sp³-hybridized carbons (Fsp3) is 0.900. The van der Waals surface area contributed by atoms with Crippen LogP contribution in [0.1, 0.15) is 33.1 Å². The first kappa shape index (κ1) is 21.5. The third kappa shape index (κ3) is 5.23. The van der Waals surface area contributed by atoms with Gasteiger partial charge in [-0.1, -0.05) is 0 Å². The lowest BCUT2D eigenvalue weighted by atomic mass is 9.71. The first-order valence-electron chi connectivity index (χ1n) is 10.5. The molecular weight excluding hydrogens is 360 g/mol. The van der Waals surface area contributed by atoms with E-state index < -0.39 is 11.9 Å². The molecule has 4 aliphatic rings. The summed E-state index contributed by atoms with van der Waals surface area (Å²) in [6.45, 7) is 13.3. The summed E-state index contributed by atoms with van der Waals surface area (Å²) in [5.74, 6) is -1.41. The molecule has 28 heavy (non-hydrogen) atoms. The van der Waals surface area contributed by atoms with Crippen molar-refractivity contribution in [2.45, 2.75) is 39.2 Å². The number of carboxylic acids is 2. The summed E-state index contributed by atoms with van der Waals surface area (Å²) >= 11 is 0. The minimum absolute atomic E-state index is 0.210. The molecule has 4 fully saturated rings. The SMILES string of the molecule is CC(C)N1CC2(CCN(CC(=O)O)CC2)C1.O=C(O)CN1CC2(CCNC2)C1. The minimum Gasteiger partial charge on any atom is -0.480 e. The highest BCUT2D eigenvalue weighted by Gasteiger charge is 2.46. The molecule has 8 heteroatoms. The predicted molar refractivity (Wildman–Crippen MR) is 106 cm³/mol. The van der Waals surface area contributed by atoms with Gasteiger partial charge in [0.1, 0.15) is 0 Å². The molecule has 4 aliphatic heterocycles. The summed E-state index contributed by atoms with van der Waals surface area (Å²) < 4.78 is 0. The van der Waals surface area contributed by atoms with Gasteiger partial charge in [0.25, 0.3) is 0 Å². The highest BCUT2D eigenvalue weighted by molar-refractivity contribution is 5.69. The van der Waals surface area contributed by atoms with E-state index in [2.05, 4.69) is 29.0 Å². The molecule has 0 atom stereocenters. The fourth-order valence-electron chi connectivity index (χ4n) is 5.14. The Morgan fingerprint density at radius 2 is 1.46 bits per heavy atom. The van der Waals surface area contributed by atoms with Crippen LogP contribution < -0.4 is 5.32 Å². The molecule has 4 rings (SSSR count). The van der Waals surface area contributed by atoms with E-state index in [1.807, 2.05) is 4.90 Å². The van der Waals surface area contributed by atoms with Crippen LogP contribution in [-0.4, -0.2) is 108 Å². The molecule has 2 spiro atoms. The fourth-order valence-corrected chi connectivity index (χ4v) is 5.14. The topological polar surface area (TPSA) is 96.3 Å². The van der Waals surface area contributed by atoms with Crippen molar-refractivity contribution in [3.8, 4) is 0 Å². The number of piperidine rings is 1. The Morgan fingerprint density at radius 3 is 1.93 bits per heavy atom. The van der Waals surface area contributed by atoms with Gasteiger partial charge in [0.05, 0.1) is 13.1 Å². The molecule has 160 valence electrons. The molecule has 0 aromatic carbocycles. The first-order valence-corrected chi connectivity index (χ1v) is 10.5. The minimum atomic E-state index is -0.712. The molecule has 0 bridgehead atoms. The van der Waals surface area contributed by atoms with Crippen LogP contribution in [0, 0.1) is 10.8 Å². The normalized spacial score (nSPS) is 26.5. The second-order valence-corrected chi connectivity index (χ2v) is 9.63. The van der Waals surface area contributed by atoms with E-state index in [9.17, 15) is 9.59 Å². The number of hydrogen-bond acceptors (Lipinski definition) is 6. The number of hydrogen-bond donors (Lipinski definition) is 3. The molecule has 0 unspecified atom stereocenters. The summed E-state index contributed by atoms with van der Waals surface area (Å²) in [5.41, 5.74) is 0.939. The van der Waals surface area contributed by atoms with Crippen LogP contribution in [-0.2, 0) is 9.59 Å². The van der Waals surface area contributed by atoms with E-state index in [0.717, 1.165) is 39.3 Å². The number of nitrogens with zero attached hydrogens (tertiary/aromatic N) is 3. The number of aliphatic carboxylic acids is 2. The largest absolute Gasteiger partial charge is 0.480 e. The molecule has 0 aliphatic carbocycles. The van der Waals surface area contributed by atoms with Crippen molar-refractivity contribution in [2.75, 3.05) is 65.4 Å². The van der Waals surface area contributed by atoms with Crippen molar-refractivity contribution in [2.24, 2.45) is 10.8 Å². The van der Waals surface area contributed by atoms with E-state index >= 15 is 0 Å². The zero-order valence-corrected chi connectivity index (χ0v) is 17.3. The van der Waals surface area contributed by atoms with Gasteiger partial charge in [0.2, 0.25) is 0 Å². The molecule has 4 saturated heterocycles. The van der Waals surface area contributed by atoms with Crippen molar-refractivity contribution < 1.29 is 19.8 Å². The number of carboxylic acid groups (broad SMARTS) is 2. The Morgan fingerprint density at radius 1 is 0.893 bits per heavy atom. The molecule has 0 aromatic heterocycles. The average molecular weight is 397 g/mol. The number of rotatable bonds is 5. The van der Waals surface area contributed by atoms with Crippen LogP contribution in [0.25, 0.3) is 0 Å². The third-order valence-electron chi connectivity index (χ3n) is 6.89. The van der Waals surface area contributed by atoms with Crippen LogP contribution in [0.3, 0.4) is 0 Å². The summed E-state index contributed by atoms with van der Waals surface area (Å²) in [6.07, 6.45) is 3.55. The maximum absolute atomic E-state index is 10.6. The monoisotopic (exact) mass is 396 g/mol. The summed E-state index contributed by atoms with van der Waals surface area (Å²) in [7, 11) is 0. The van der Waals surface area contributed by atoms with Gasteiger partial charge in [0.15, 0.2) is 0 Å². The zero-order chi connectivity index (χ0) is 20.4. The highest BCUT2D eigenvalue weighted by Crippen LogP contribution is 2.41. The molecule has 8 nitrogen and oxygen atoms in total. The van der Waals surface area contributed by atoms with Gasteiger partial charge in [-0.2, -0.15) is 0 Å². The van der Waals surface area contributed by atoms with Gasteiger partial charge in [-0.15, -0.1) is 0 Å².